The molecule has 1 amide bonds. The van der Waals surface area contributed by atoms with Crippen LogP contribution in [0.5, 0.6) is 0 Å². The summed E-state index contributed by atoms with van der Waals surface area (Å²) >= 11 is 0. The van der Waals surface area contributed by atoms with Crippen molar-refractivity contribution in [3.05, 3.63) is 76.5 Å². The van der Waals surface area contributed by atoms with Crippen LogP contribution in [0.25, 0.3) is 16.7 Å². The molecule has 4 aromatic heterocycles. The fourth-order valence-electron chi connectivity index (χ4n) is 3.39. The highest BCUT2D eigenvalue weighted by Crippen LogP contribution is 2.15. The number of nitrogens with zero attached hydrogens (tertiary/aromatic N) is 4. The molecule has 0 fully saturated rings. The minimum absolute atomic E-state index is 0.252. The summed E-state index contributed by atoms with van der Waals surface area (Å²) in [5, 5.41) is 3.21. The number of hydrogen-bond donors (Lipinski definition) is 2. The van der Waals surface area contributed by atoms with Crippen LogP contribution in [0.4, 0.5) is 5.82 Å². The van der Waals surface area contributed by atoms with E-state index in [1.807, 2.05) is 18.2 Å². The second-order valence-electron chi connectivity index (χ2n) is 7.08. The number of fused-ring (bicyclic) bond motifs is 2. The van der Waals surface area contributed by atoms with Crippen molar-refractivity contribution in [2.24, 2.45) is 0 Å². The SMILES string of the molecule is CCCCNC(=O)c1cc2c(=O)n3ccccc3nc2[n+](Cc2cccnc2)c1N. The lowest BCUT2D eigenvalue weighted by Crippen LogP contribution is -2.43. The molecular weight excluding hydrogens is 380 g/mol. The Morgan fingerprint density at radius 2 is 2.13 bits per heavy atom. The third-order valence-electron chi connectivity index (χ3n) is 4.98. The number of anilines is 1. The highest BCUT2D eigenvalue weighted by Gasteiger charge is 2.24. The topological polar surface area (TPSA) is 106 Å². The van der Waals surface area contributed by atoms with Gasteiger partial charge in [0, 0.05) is 30.7 Å². The average Bonchev–Trinajstić information content (AvgIpc) is 2.77. The Balaban J connectivity index is 1.95. The van der Waals surface area contributed by atoms with E-state index in [1.165, 1.54) is 4.40 Å². The van der Waals surface area contributed by atoms with E-state index in [-0.39, 0.29) is 22.8 Å². The highest BCUT2D eigenvalue weighted by atomic mass is 16.1. The molecule has 30 heavy (non-hydrogen) atoms. The van der Waals surface area contributed by atoms with Crippen LogP contribution in [0.15, 0.2) is 59.8 Å². The Morgan fingerprint density at radius 3 is 2.90 bits per heavy atom. The largest absolute Gasteiger partial charge is 0.352 e. The van der Waals surface area contributed by atoms with Crippen LogP contribution >= 0.6 is 0 Å². The third-order valence-corrected chi connectivity index (χ3v) is 4.98. The first kappa shape index (κ1) is 19.5. The first-order chi connectivity index (χ1) is 14.6. The Bertz CT molecular complexity index is 1280. The van der Waals surface area contributed by atoms with Crippen molar-refractivity contribution in [2.75, 3.05) is 12.3 Å². The Morgan fingerprint density at radius 1 is 1.27 bits per heavy atom. The van der Waals surface area contributed by atoms with Crippen molar-refractivity contribution < 1.29 is 9.36 Å². The van der Waals surface area contributed by atoms with E-state index in [4.69, 9.17) is 5.73 Å². The van der Waals surface area contributed by atoms with Crippen molar-refractivity contribution in [1.82, 2.24) is 19.7 Å². The molecule has 3 N–H and O–H groups in total. The Hall–Kier alpha value is -3.81. The van der Waals surface area contributed by atoms with E-state index >= 15 is 0 Å². The van der Waals surface area contributed by atoms with E-state index in [0.29, 0.717) is 29.8 Å². The van der Waals surface area contributed by atoms with Crippen LogP contribution < -0.4 is 21.2 Å². The van der Waals surface area contributed by atoms with Crippen LogP contribution in [0, 0.1) is 0 Å². The number of nitrogen functional groups attached to an aromatic ring is 1. The summed E-state index contributed by atoms with van der Waals surface area (Å²) in [4.78, 5) is 34.8. The zero-order valence-electron chi connectivity index (χ0n) is 16.7. The van der Waals surface area contributed by atoms with E-state index < -0.39 is 0 Å². The summed E-state index contributed by atoms with van der Waals surface area (Å²) in [5.74, 6) is -0.0483. The van der Waals surface area contributed by atoms with Gasteiger partial charge in [-0.15, -0.1) is 0 Å². The van der Waals surface area contributed by atoms with Crippen molar-refractivity contribution in [2.45, 2.75) is 26.3 Å². The molecule has 0 aliphatic heterocycles. The van der Waals surface area contributed by atoms with Crippen molar-refractivity contribution in [3.63, 3.8) is 0 Å². The van der Waals surface area contributed by atoms with Crippen LogP contribution in [-0.2, 0) is 6.54 Å². The van der Waals surface area contributed by atoms with E-state index in [9.17, 15) is 9.59 Å². The number of carbonyl (C=O) groups is 1. The number of unbranched alkanes of at least 4 members (excludes halogenated alkanes) is 1. The molecule has 0 aliphatic rings. The molecule has 0 spiro atoms. The van der Waals surface area contributed by atoms with Crippen LogP contribution in [0.2, 0.25) is 0 Å². The van der Waals surface area contributed by atoms with Gasteiger partial charge in [0.15, 0.2) is 0 Å². The van der Waals surface area contributed by atoms with Crippen molar-refractivity contribution >= 4 is 28.4 Å². The molecule has 0 saturated carbocycles. The lowest BCUT2D eigenvalue weighted by molar-refractivity contribution is -0.649. The van der Waals surface area contributed by atoms with Crippen molar-refractivity contribution in [3.8, 4) is 0 Å². The van der Waals surface area contributed by atoms with E-state index in [2.05, 4.69) is 22.2 Å². The molecule has 0 unspecified atom stereocenters. The average molecular weight is 403 g/mol. The zero-order valence-corrected chi connectivity index (χ0v) is 16.7. The molecule has 0 radical (unpaired) electrons. The predicted octanol–water partition coefficient (Wildman–Crippen LogP) is 1.69. The molecule has 8 nitrogen and oxygen atoms in total. The molecule has 0 atom stereocenters. The minimum Gasteiger partial charge on any atom is -0.352 e. The fourth-order valence-corrected chi connectivity index (χ4v) is 3.39. The summed E-state index contributed by atoms with van der Waals surface area (Å²) in [5.41, 5.74) is 8.26. The van der Waals surface area contributed by atoms with Crippen molar-refractivity contribution in [1.29, 1.82) is 0 Å². The molecular formula is C22H23N6O2+. The molecule has 4 heterocycles. The molecule has 0 aromatic carbocycles. The second kappa shape index (κ2) is 8.28. The second-order valence-corrected chi connectivity index (χ2v) is 7.08. The zero-order chi connectivity index (χ0) is 21.1. The molecule has 0 saturated heterocycles. The van der Waals surface area contributed by atoms with Gasteiger partial charge < -0.3 is 11.1 Å². The summed E-state index contributed by atoms with van der Waals surface area (Å²) in [6.45, 7) is 2.93. The van der Waals surface area contributed by atoms with Crippen LogP contribution in [-0.4, -0.2) is 26.8 Å². The summed E-state index contributed by atoms with van der Waals surface area (Å²) in [6, 6.07) is 10.6. The lowest BCUT2D eigenvalue weighted by Gasteiger charge is -2.12. The van der Waals surface area contributed by atoms with Gasteiger partial charge in [-0.1, -0.05) is 30.5 Å². The smallest absolute Gasteiger partial charge is 0.278 e. The molecule has 4 rings (SSSR count). The first-order valence-electron chi connectivity index (χ1n) is 9.90. The predicted molar refractivity (Wildman–Crippen MR) is 114 cm³/mol. The van der Waals surface area contributed by atoms with E-state index in [1.54, 1.807) is 41.4 Å². The molecule has 0 aliphatic carbocycles. The van der Waals surface area contributed by atoms with Gasteiger partial charge in [0.05, 0.1) is 6.54 Å². The Kier molecular flexibility index (Phi) is 5.38. The van der Waals surface area contributed by atoms with Gasteiger partial charge in [-0.3, -0.25) is 19.0 Å². The summed E-state index contributed by atoms with van der Waals surface area (Å²) < 4.78 is 3.17. The number of hydrogen-bond acceptors (Lipinski definition) is 5. The number of amides is 1. The minimum atomic E-state index is -0.305. The van der Waals surface area contributed by atoms with E-state index in [0.717, 1.165) is 18.4 Å². The maximum Gasteiger partial charge on any atom is 0.278 e. The number of nitrogens with one attached hydrogen (secondary N) is 1. The molecule has 152 valence electrons. The van der Waals surface area contributed by atoms with Crippen LogP contribution in [0.3, 0.4) is 0 Å². The van der Waals surface area contributed by atoms with Gasteiger partial charge in [0.1, 0.15) is 10.9 Å². The van der Waals surface area contributed by atoms with Gasteiger partial charge in [0.25, 0.3) is 17.1 Å². The summed E-state index contributed by atoms with van der Waals surface area (Å²) in [6.07, 6.45) is 6.90. The standard InChI is InChI=1S/C22H22N6O2/c1-2-3-10-25-21(29)16-12-17-20(26-18-8-4-5-11-27(18)22(17)30)28(19(16)23)14-15-7-6-9-24-13-15/h4-9,11-13,23H,2-3,10,14H2,1H3,(H,25,29)/p+1. The number of nitrogens with two attached hydrogens (primary N) is 1. The molecule has 8 heteroatoms. The van der Waals surface area contributed by atoms with Gasteiger partial charge in [0.2, 0.25) is 11.5 Å². The van der Waals surface area contributed by atoms with Gasteiger partial charge in [-0.25, -0.2) is 4.57 Å². The quantitative estimate of drug-likeness (QED) is 0.289. The fraction of sp³-hybridized carbons (Fsp3) is 0.227. The number of rotatable bonds is 6. The summed E-state index contributed by atoms with van der Waals surface area (Å²) in [7, 11) is 0. The van der Waals surface area contributed by atoms with Gasteiger partial charge in [-0.2, -0.15) is 0 Å². The maximum absolute atomic E-state index is 13.2. The molecule has 0 bridgehead atoms. The number of aromatic nitrogens is 4. The highest BCUT2D eigenvalue weighted by molar-refractivity contribution is 6.00. The van der Waals surface area contributed by atoms with Crippen LogP contribution in [0.1, 0.15) is 35.7 Å². The maximum atomic E-state index is 13.2. The number of carbonyl (C=O) groups excluding carboxylic acids is 1. The number of pyridine rings is 3. The normalized spacial score (nSPS) is 11.1. The lowest BCUT2D eigenvalue weighted by atomic mass is 10.1. The third kappa shape index (κ3) is 3.59. The monoisotopic (exact) mass is 403 g/mol. The van der Waals surface area contributed by atoms with Gasteiger partial charge >= 0.3 is 0 Å². The first-order valence-corrected chi connectivity index (χ1v) is 9.90. The Labute approximate surface area is 173 Å². The molecule has 4 aromatic rings. The van der Waals surface area contributed by atoms with Gasteiger partial charge in [-0.05, 0) is 30.7 Å².